The normalized spacial score (nSPS) is 19.8. The summed E-state index contributed by atoms with van der Waals surface area (Å²) in [5, 5.41) is 2.86. The Kier molecular flexibility index (Phi) is 5.80. The zero-order valence-corrected chi connectivity index (χ0v) is 16.4. The molecule has 0 spiro atoms. The van der Waals surface area contributed by atoms with Crippen LogP contribution < -0.4 is 10.2 Å². The summed E-state index contributed by atoms with van der Waals surface area (Å²) in [5.74, 6) is -0.423. The summed E-state index contributed by atoms with van der Waals surface area (Å²) in [6, 6.07) is 10.8. The topological polar surface area (TPSA) is 41.6 Å². The molecule has 0 bridgehead atoms. The van der Waals surface area contributed by atoms with Crippen LogP contribution in [0.5, 0.6) is 0 Å². The lowest BCUT2D eigenvalue weighted by atomic mass is 10.1. The highest BCUT2D eigenvalue weighted by atomic mass is 19.1. The van der Waals surface area contributed by atoms with Crippen molar-refractivity contribution in [1.82, 2.24) is 5.32 Å². The molecule has 1 fully saturated rings. The number of morpholine rings is 1. The Morgan fingerprint density at radius 3 is 2.44 bits per heavy atom. The number of ether oxygens (including phenoxy) is 1. The van der Waals surface area contributed by atoms with Crippen LogP contribution in [-0.2, 0) is 11.3 Å². The summed E-state index contributed by atoms with van der Waals surface area (Å²) in [7, 11) is 0. The van der Waals surface area contributed by atoms with Crippen molar-refractivity contribution in [3.05, 3.63) is 64.5 Å². The van der Waals surface area contributed by atoms with Crippen LogP contribution in [0.15, 0.2) is 36.4 Å². The largest absolute Gasteiger partial charge is 0.372 e. The molecule has 27 heavy (non-hydrogen) atoms. The third kappa shape index (κ3) is 4.66. The van der Waals surface area contributed by atoms with Crippen molar-refractivity contribution in [2.75, 3.05) is 18.0 Å². The van der Waals surface area contributed by atoms with E-state index >= 15 is 0 Å². The van der Waals surface area contributed by atoms with Crippen LogP contribution in [0, 0.1) is 19.7 Å². The van der Waals surface area contributed by atoms with Gasteiger partial charge in [-0.2, -0.15) is 0 Å². The minimum Gasteiger partial charge on any atom is -0.372 e. The van der Waals surface area contributed by atoms with Gasteiger partial charge in [0.05, 0.1) is 17.9 Å². The lowest BCUT2D eigenvalue weighted by molar-refractivity contribution is -0.00539. The number of nitrogens with zero attached hydrogens (tertiary/aromatic N) is 1. The molecule has 5 heteroatoms. The van der Waals surface area contributed by atoms with Crippen LogP contribution in [0.1, 0.15) is 40.9 Å². The molecule has 1 amide bonds. The molecule has 1 aliphatic heterocycles. The third-order valence-corrected chi connectivity index (χ3v) is 4.99. The standard InChI is InChI=1S/C22H27FN2O2/c1-14-5-7-19(9-15(14)2)22(26)24-11-18-6-8-21(20(23)10-18)25-12-16(3)27-17(4)13-25/h5-10,16-17H,11-13H2,1-4H3,(H,24,26). The van der Waals surface area contributed by atoms with E-state index in [0.29, 0.717) is 30.9 Å². The molecule has 2 aromatic carbocycles. The minimum absolute atomic E-state index is 0.0741. The van der Waals surface area contributed by atoms with Gasteiger partial charge < -0.3 is 15.0 Å². The molecule has 1 N–H and O–H groups in total. The molecule has 0 aliphatic carbocycles. The lowest BCUT2D eigenvalue weighted by Crippen LogP contribution is -2.45. The predicted octanol–water partition coefficient (Wildman–Crippen LogP) is 3.99. The zero-order chi connectivity index (χ0) is 19.6. The van der Waals surface area contributed by atoms with Gasteiger partial charge >= 0.3 is 0 Å². The van der Waals surface area contributed by atoms with Crippen molar-refractivity contribution < 1.29 is 13.9 Å². The van der Waals surface area contributed by atoms with E-state index < -0.39 is 0 Å². The molecule has 1 heterocycles. The smallest absolute Gasteiger partial charge is 0.251 e. The van der Waals surface area contributed by atoms with Crippen LogP contribution in [0.25, 0.3) is 0 Å². The molecule has 1 saturated heterocycles. The molecule has 3 rings (SSSR count). The maximum Gasteiger partial charge on any atom is 0.251 e. The predicted molar refractivity (Wildman–Crippen MR) is 106 cm³/mol. The Bertz CT molecular complexity index is 827. The molecule has 0 saturated carbocycles. The number of hydrogen-bond donors (Lipinski definition) is 1. The summed E-state index contributed by atoms with van der Waals surface area (Å²) in [6.45, 7) is 9.62. The summed E-state index contributed by atoms with van der Waals surface area (Å²) < 4.78 is 20.4. The number of hydrogen-bond acceptors (Lipinski definition) is 3. The zero-order valence-electron chi connectivity index (χ0n) is 16.4. The number of halogens is 1. The Hall–Kier alpha value is -2.40. The van der Waals surface area contributed by atoms with Crippen molar-refractivity contribution in [2.24, 2.45) is 0 Å². The van der Waals surface area contributed by atoms with Gasteiger partial charge in [0.2, 0.25) is 0 Å². The number of anilines is 1. The number of benzene rings is 2. The fourth-order valence-electron chi connectivity index (χ4n) is 3.46. The van der Waals surface area contributed by atoms with E-state index in [4.69, 9.17) is 4.74 Å². The van der Waals surface area contributed by atoms with E-state index in [1.54, 1.807) is 6.07 Å². The molecular weight excluding hydrogens is 343 g/mol. The minimum atomic E-state index is -0.269. The number of rotatable bonds is 4. The molecule has 144 valence electrons. The summed E-state index contributed by atoms with van der Waals surface area (Å²) in [6.07, 6.45) is 0.148. The van der Waals surface area contributed by atoms with Crippen molar-refractivity contribution in [2.45, 2.75) is 46.4 Å². The second-order valence-electron chi connectivity index (χ2n) is 7.43. The number of amides is 1. The molecule has 0 radical (unpaired) electrons. The third-order valence-electron chi connectivity index (χ3n) is 4.99. The molecule has 2 atom stereocenters. The van der Waals surface area contributed by atoms with Gasteiger partial charge in [-0.05, 0) is 68.7 Å². The summed E-state index contributed by atoms with van der Waals surface area (Å²) in [5.41, 5.74) is 4.17. The molecule has 2 aromatic rings. The van der Waals surface area contributed by atoms with Crippen LogP contribution >= 0.6 is 0 Å². The first kappa shape index (κ1) is 19.4. The van der Waals surface area contributed by atoms with E-state index in [1.807, 2.05) is 56.9 Å². The highest BCUT2D eigenvalue weighted by Gasteiger charge is 2.24. The maximum atomic E-state index is 14.6. The molecule has 0 aromatic heterocycles. The van der Waals surface area contributed by atoms with Gasteiger partial charge in [0, 0.05) is 25.2 Å². The van der Waals surface area contributed by atoms with Crippen LogP contribution in [0.2, 0.25) is 0 Å². The second kappa shape index (κ2) is 8.09. The SMILES string of the molecule is Cc1ccc(C(=O)NCc2ccc(N3CC(C)OC(C)C3)c(F)c2)cc1C. The highest BCUT2D eigenvalue weighted by molar-refractivity contribution is 5.94. The Labute approximate surface area is 160 Å². The first-order valence-electron chi connectivity index (χ1n) is 9.37. The van der Waals surface area contributed by atoms with Crippen LogP contribution in [0.3, 0.4) is 0 Å². The number of carbonyl (C=O) groups is 1. The number of aryl methyl sites for hydroxylation is 2. The van der Waals surface area contributed by atoms with Crippen molar-refractivity contribution in [3.8, 4) is 0 Å². The molecular formula is C22H27FN2O2. The molecule has 2 unspecified atom stereocenters. The Morgan fingerprint density at radius 1 is 1.11 bits per heavy atom. The lowest BCUT2D eigenvalue weighted by Gasteiger charge is -2.37. The summed E-state index contributed by atoms with van der Waals surface area (Å²) >= 11 is 0. The monoisotopic (exact) mass is 370 g/mol. The molecule has 1 aliphatic rings. The van der Waals surface area contributed by atoms with Gasteiger partial charge in [-0.1, -0.05) is 12.1 Å². The first-order valence-corrected chi connectivity index (χ1v) is 9.37. The number of nitrogens with one attached hydrogen (secondary N) is 1. The number of carbonyl (C=O) groups excluding carboxylic acids is 1. The Morgan fingerprint density at radius 2 is 1.81 bits per heavy atom. The average molecular weight is 370 g/mol. The van der Waals surface area contributed by atoms with Crippen molar-refractivity contribution in [3.63, 3.8) is 0 Å². The maximum absolute atomic E-state index is 14.6. The van der Waals surface area contributed by atoms with Gasteiger partial charge in [-0.3, -0.25) is 4.79 Å². The highest BCUT2D eigenvalue weighted by Crippen LogP contribution is 2.24. The van der Waals surface area contributed by atoms with E-state index in [-0.39, 0.29) is 23.9 Å². The summed E-state index contributed by atoms with van der Waals surface area (Å²) in [4.78, 5) is 14.3. The van der Waals surface area contributed by atoms with E-state index in [0.717, 1.165) is 16.7 Å². The molecule has 4 nitrogen and oxygen atoms in total. The van der Waals surface area contributed by atoms with Gasteiger partial charge in [-0.15, -0.1) is 0 Å². The van der Waals surface area contributed by atoms with Gasteiger partial charge in [0.15, 0.2) is 0 Å². The van der Waals surface area contributed by atoms with Gasteiger partial charge in [0.25, 0.3) is 5.91 Å². The Balaban J connectivity index is 1.65. The van der Waals surface area contributed by atoms with Crippen molar-refractivity contribution >= 4 is 11.6 Å². The van der Waals surface area contributed by atoms with E-state index in [2.05, 4.69) is 5.32 Å². The average Bonchev–Trinajstić information content (AvgIpc) is 2.61. The first-order chi connectivity index (χ1) is 12.8. The van der Waals surface area contributed by atoms with Crippen LogP contribution in [-0.4, -0.2) is 31.2 Å². The fraction of sp³-hybridized carbons (Fsp3) is 0.409. The van der Waals surface area contributed by atoms with E-state index in [1.165, 1.54) is 6.07 Å². The van der Waals surface area contributed by atoms with Crippen molar-refractivity contribution in [1.29, 1.82) is 0 Å². The van der Waals surface area contributed by atoms with Gasteiger partial charge in [0.1, 0.15) is 5.82 Å². The van der Waals surface area contributed by atoms with Gasteiger partial charge in [-0.25, -0.2) is 4.39 Å². The fourth-order valence-corrected chi connectivity index (χ4v) is 3.46. The van der Waals surface area contributed by atoms with Crippen LogP contribution in [0.4, 0.5) is 10.1 Å². The van der Waals surface area contributed by atoms with E-state index in [9.17, 15) is 9.18 Å². The second-order valence-corrected chi connectivity index (χ2v) is 7.43. The quantitative estimate of drug-likeness (QED) is 0.885.